The normalized spacial score (nSPS) is 17.7. The molecule has 22 heavy (non-hydrogen) atoms. The van der Waals surface area contributed by atoms with Gasteiger partial charge in [-0.1, -0.05) is 12.1 Å². The lowest BCUT2D eigenvalue weighted by Crippen LogP contribution is -2.39. The van der Waals surface area contributed by atoms with Crippen molar-refractivity contribution >= 4 is 22.5 Å². The van der Waals surface area contributed by atoms with Gasteiger partial charge in [0.05, 0.1) is 5.69 Å². The van der Waals surface area contributed by atoms with Crippen LogP contribution >= 0.6 is 11.3 Å². The highest BCUT2D eigenvalue weighted by atomic mass is 32.1. The van der Waals surface area contributed by atoms with Gasteiger partial charge in [-0.25, -0.2) is 14.2 Å². The Bertz CT molecular complexity index is 673. The van der Waals surface area contributed by atoms with E-state index in [1.165, 1.54) is 17.4 Å². The van der Waals surface area contributed by atoms with Crippen LogP contribution in [0.15, 0.2) is 29.6 Å². The fraction of sp³-hybridized carbons (Fsp3) is 0.375. The van der Waals surface area contributed by atoms with E-state index in [0.29, 0.717) is 11.6 Å². The summed E-state index contributed by atoms with van der Waals surface area (Å²) >= 11 is 1.42. The van der Waals surface area contributed by atoms with Gasteiger partial charge >= 0.3 is 6.03 Å². The van der Waals surface area contributed by atoms with Crippen LogP contribution < -0.4 is 5.32 Å². The minimum atomic E-state index is -0.232. The first kappa shape index (κ1) is 15.0. The molecule has 2 amide bonds. The van der Waals surface area contributed by atoms with Crippen LogP contribution in [-0.4, -0.2) is 28.5 Å². The van der Waals surface area contributed by atoms with Gasteiger partial charge in [-0.3, -0.25) is 5.32 Å². The lowest BCUT2D eigenvalue weighted by molar-refractivity contribution is 0.206. The van der Waals surface area contributed by atoms with Crippen LogP contribution in [0.4, 0.5) is 14.3 Å². The van der Waals surface area contributed by atoms with Crippen molar-refractivity contribution in [2.75, 3.05) is 11.9 Å². The maximum Gasteiger partial charge on any atom is 0.323 e. The van der Waals surface area contributed by atoms with Crippen molar-refractivity contribution < 1.29 is 9.18 Å². The highest BCUT2D eigenvalue weighted by Gasteiger charge is 2.29. The number of carbonyl (C=O) groups is 1. The van der Waals surface area contributed by atoms with Gasteiger partial charge in [0, 0.05) is 18.0 Å². The number of hydrogen-bond donors (Lipinski definition) is 1. The summed E-state index contributed by atoms with van der Waals surface area (Å²) in [5.41, 5.74) is 1.83. The van der Waals surface area contributed by atoms with E-state index in [-0.39, 0.29) is 17.9 Å². The maximum absolute atomic E-state index is 13.3. The van der Waals surface area contributed by atoms with Crippen molar-refractivity contribution in [2.45, 2.75) is 32.2 Å². The van der Waals surface area contributed by atoms with Crippen molar-refractivity contribution in [3.63, 3.8) is 0 Å². The fourth-order valence-corrected chi connectivity index (χ4v) is 3.50. The molecule has 1 aromatic heterocycles. The molecular weight excluding hydrogens is 301 g/mol. The van der Waals surface area contributed by atoms with Gasteiger partial charge in [0.25, 0.3) is 0 Å². The standard InChI is InChI=1S/C16H18FN3OS/c1-11-10-22-15(18-11)19-16(21)20-7-3-6-14(20)9-12-4-2-5-13(17)8-12/h2,4-5,8,10,14H,3,6-7,9H2,1H3,(H,18,19,21). The highest BCUT2D eigenvalue weighted by Crippen LogP contribution is 2.23. The lowest BCUT2D eigenvalue weighted by Gasteiger charge is -2.24. The Kier molecular flexibility index (Phi) is 4.38. The summed E-state index contributed by atoms with van der Waals surface area (Å²) in [5.74, 6) is -0.232. The molecule has 1 aromatic carbocycles. The molecule has 3 rings (SSSR count). The Labute approximate surface area is 133 Å². The number of amides is 2. The van der Waals surface area contributed by atoms with Gasteiger partial charge in [-0.2, -0.15) is 0 Å². The van der Waals surface area contributed by atoms with Crippen LogP contribution in [0.25, 0.3) is 0 Å². The molecule has 1 aliphatic rings. The summed E-state index contributed by atoms with van der Waals surface area (Å²) in [7, 11) is 0. The van der Waals surface area contributed by atoms with Gasteiger partial charge in [0.1, 0.15) is 5.82 Å². The minimum absolute atomic E-state index is 0.114. The number of thiazole rings is 1. The van der Waals surface area contributed by atoms with E-state index in [2.05, 4.69) is 10.3 Å². The van der Waals surface area contributed by atoms with E-state index in [1.54, 1.807) is 12.1 Å². The number of aryl methyl sites for hydroxylation is 1. The van der Waals surface area contributed by atoms with Crippen LogP contribution in [0.3, 0.4) is 0 Å². The largest absolute Gasteiger partial charge is 0.323 e. The number of nitrogens with zero attached hydrogens (tertiary/aromatic N) is 2. The number of carbonyl (C=O) groups excluding carboxylic acids is 1. The third-order valence-electron chi connectivity index (χ3n) is 3.83. The number of urea groups is 1. The van der Waals surface area contributed by atoms with E-state index in [1.807, 2.05) is 23.3 Å². The van der Waals surface area contributed by atoms with Crippen molar-refractivity contribution in [1.29, 1.82) is 0 Å². The fourth-order valence-electron chi connectivity index (χ4n) is 2.83. The van der Waals surface area contributed by atoms with E-state index in [4.69, 9.17) is 0 Å². The molecule has 1 aliphatic heterocycles. The number of benzene rings is 1. The van der Waals surface area contributed by atoms with Crippen molar-refractivity contribution in [3.8, 4) is 0 Å². The molecule has 1 fully saturated rings. The highest BCUT2D eigenvalue weighted by molar-refractivity contribution is 7.13. The molecule has 1 unspecified atom stereocenters. The molecule has 2 aromatic rings. The van der Waals surface area contributed by atoms with Crippen LogP contribution in [0, 0.1) is 12.7 Å². The molecule has 116 valence electrons. The number of nitrogens with one attached hydrogen (secondary N) is 1. The zero-order chi connectivity index (χ0) is 15.5. The van der Waals surface area contributed by atoms with Crippen molar-refractivity contribution in [1.82, 2.24) is 9.88 Å². The second-order valence-electron chi connectivity index (χ2n) is 5.55. The van der Waals surface area contributed by atoms with E-state index in [9.17, 15) is 9.18 Å². The lowest BCUT2D eigenvalue weighted by atomic mass is 10.0. The predicted molar refractivity (Wildman–Crippen MR) is 85.7 cm³/mol. The van der Waals surface area contributed by atoms with Gasteiger partial charge in [-0.05, 0) is 43.9 Å². The number of rotatable bonds is 3. The molecule has 1 atom stereocenters. The van der Waals surface area contributed by atoms with Crippen LogP contribution in [0.2, 0.25) is 0 Å². The molecule has 0 radical (unpaired) electrons. The first-order valence-electron chi connectivity index (χ1n) is 7.36. The molecular formula is C16H18FN3OS. The van der Waals surface area contributed by atoms with Gasteiger partial charge in [-0.15, -0.1) is 11.3 Å². The number of anilines is 1. The molecule has 0 saturated carbocycles. The Morgan fingerprint density at radius 2 is 2.41 bits per heavy atom. The molecule has 1 N–H and O–H groups in total. The molecule has 0 aliphatic carbocycles. The average Bonchev–Trinajstić information content (AvgIpc) is 3.08. The SMILES string of the molecule is Cc1csc(NC(=O)N2CCCC2Cc2cccc(F)c2)n1. The first-order valence-corrected chi connectivity index (χ1v) is 8.24. The smallest absolute Gasteiger partial charge is 0.321 e. The monoisotopic (exact) mass is 319 g/mol. The number of halogens is 1. The molecule has 6 heteroatoms. The molecule has 2 heterocycles. The van der Waals surface area contributed by atoms with E-state index in [0.717, 1.165) is 30.6 Å². The zero-order valence-electron chi connectivity index (χ0n) is 12.4. The Balaban J connectivity index is 1.66. The average molecular weight is 319 g/mol. The topological polar surface area (TPSA) is 45.2 Å². The summed E-state index contributed by atoms with van der Waals surface area (Å²) in [6, 6.07) is 6.59. The minimum Gasteiger partial charge on any atom is -0.321 e. The summed E-state index contributed by atoms with van der Waals surface area (Å²) in [4.78, 5) is 18.5. The molecule has 1 saturated heterocycles. The number of hydrogen-bond acceptors (Lipinski definition) is 3. The first-order chi connectivity index (χ1) is 10.6. The zero-order valence-corrected chi connectivity index (χ0v) is 13.2. The Morgan fingerprint density at radius 3 is 3.14 bits per heavy atom. The third kappa shape index (κ3) is 3.44. The van der Waals surface area contributed by atoms with Gasteiger partial charge in [0.2, 0.25) is 0 Å². The second kappa shape index (κ2) is 6.44. The van der Waals surface area contributed by atoms with Gasteiger partial charge < -0.3 is 4.90 Å². The van der Waals surface area contributed by atoms with Crippen LogP contribution in [0.1, 0.15) is 24.1 Å². The van der Waals surface area contributed by atoms with Gasteiger partial charge in [0.15, 0.2) is 5.13 Å². The molecule has 0 spiro atoms. The molecule has 0 bridgehead atoms. The number of likely N-dealkylation sites (tertiary alicyclic amines) is 1. The summed E-state index contributed by atoms with van der Waals surface area (Å²) in [6.07, 6.45) is 2.60. The van der Waals surface area contributed by atoms with Crippen molar-refractivity contribution in [2.24, 2.45) is 0 Å². The van der Waals surface area contributed by atoms with Crippen LogP contribution in [-0.2, 0) is 6.42 Å². The second-order valence-corrected chi connectivity index (χ2v) is 6.41. The number of aromatic nitrogens is 1. The van der Waals surface area contributed by atoms with E-state index >= 15 is 0 Å². The van der Waals surface area contributed by atoms with Crippen molar-refractivity contribution in [3.05, 3.63) is 46.7 Å². The molecule has 4 nitrogen and oxygen atoms in total. The summed E-state index contributed by atoms with van der Waals surface area (Å²) in [5, 5.41) is 5.38. The Morgan fingerprint density at radius 1 is 1.55 bits per heavy atom. The summed E-state index contributed by atoms with van der Waals surface area (Å²) in [6.45, 7) is 2.63. The third-order valence-corrected chi connectivity index (χ3v) is 4.71. The quantitative estimate of drug-likeness (QED) is 0.934. The Hall–Kier alpha value is -1.95. The van der Waals surface area contributed by atoms with E-state index < -0.39 is 0 Å². The summed E-state index contributed by atoms with van der Waals surface area (Å²) < 4.78 is 13.3. The predicted octanol–water partition coefficient (Wildman–Crippen LogP) is 3.83. The maximum atomic E-state index is 13.3. The van der Waals surface area contributed by atoms with Crippen LogP contribution in [0.5, 0.6) is 0 Å².